The van der Waals surface area contributed by atoms with Crippen LogP contribution in [0.25, 0.3) is 16.9 Å². The van der Waals surface area contributed by atoms with Gasteiger partial charge in [-0.2, -0.15) is 9.97 Å². The van der Waals surface area contributed by atoms with Gasteiger partial charge in [0, 0.05) is 11.4 Å². The normalized spacial score (nSPS) is 12.3. The Hall–Kier alpha value is -2.93. The summed E-state index contributed by atoms with van der Waals surface area (Å²) in [6.45, 7) is 9.94. The van der Waals surface area contributed by atoms with Gasteiger partial charge in [0.2, 0.25) is 5.95 Å². The smallest absolute Gasteiger partial charge is 0.227 e. The highest BCUT2D eigenvalue weighted by Gasteiger charge is 2.18. The zero-order chi connectivity index (χ0) is 18.7. The van der Waals surface area contributed by atoms with Crippen LogP contribution in [-0.4, -0.2) is 37.3 Å². The molecule has 7 nitrogen and oxygen atoms in total. The molecule has 7 heteroatoms. The molecule has 1 aromatic carbocycles. The number of rotatable bonds is 7. The van der Waals surface area contributed by atoms with Gasteiger partial charge < -0.3 is 15.7 Å². The lowest BCUT2D eigenvalue weighted by Gasteiger charge is -2.20. The first kappa shape index (κ1) is 17.9. The fourth-order valence-corrected chi connectivity index (χ4v) is 2.58. The Bertz CT molecular complexity index is 903. The predicted molar refractivity (Wildman–Crippen MR) is 105 cm³/mol. The molecule has 0 spiro atoms. The average molecular weight is 352 g/mol. The van der Waals surface area contributed by atoms with E-state index >= 15 is 0 Å². The molecule has 0 bridgehead atoms. The van der Waals surface area contributed by atoms with Crippen LogP contribution in [0, 0.1) is 5.92 Å². The van der Waals surface area contributed by atoms with Crippen LogP contribution in [0.15, 0.2) is 43.2 Å². The number of anilines is 3. The second-order valence-corrected chi connectivity index (χ2v) is 6.59. The molecule has 2 heterocycles. The number of aliphatic hydroxyl groups excluding tert-OH is 1. The maximum Gasteiger partial charge on any atom is 0.227 e. The number of para-hydroxylation sites is 1. The van der Waals surface area contributed by atoms with E-state index in [0.29, 0.717) is 22.9 Å². The number of allylic oxidation sites excluding steroid dienone is 1. The van der Waals surface area contributed by atoms with Crippen molar-refractivity contribution in [2.24, 2.45) is 5.92 Å². The van der Waals surface area contributed by atoms with E-state index in [0.717, 1.165) is 11.4 Å². The number of benzene rings is 1. The zero-order valence-electron chi connectivity index (χ0n) is 15.3. The molecule has 0 amide bonds. The molecule has 3 rings (SSSR count). The van der Waals surface area contributed by atoms with E-state index in [2.05, 4.69) is 32.2 Å². The van der Waals surface area contributed by atoms with Gasteiger partial charge in [-0.15, -0.1) is 0 Å². The van der Waals surface area contributed by atoms with Crippen LogP contribution in [0.2, 0.25) is 0 Å². The van der Waals surface area contributed by atoms with E-state index in [9.17, 15) is 5.11 Å². The molecule has 0 radical (unpaired) electrons. The Morgan fingerprint density at radius 3 is 2.58 bits per heavy atom. The molecular formula is C19H24N6O. The standard InChI is InChI=1S/C19H24N6O/c1-12(2)15(10-26)22-19-23-17(21-14-8-6-5-7-9-14)16-18(24-19)25(11-20-16)13(3)4/h5-9,11-12,15,26H,3,10H2,1-2,4H3,(H2,21,22,23,24)/t15-/m0/s1. The summed E-state index contributed by atoms with van der Waals surface area (Å²) in [6.07, 6.45) is 1.69. The van der Waals surface area contributed by atoms with Crippen molar-refractivity contribution >= 4 is 34.3 Å². The number of hydrogen-bond donors (Lipinski definition) is 3. The molecule has 0 aliphatic heterocycles. The first-order chi connectivity index (χ1) is 12.5. The highest BCUT2D eigenvalue weighted by molar-refractivity contribution is 5.88. The maximum absolute atomic E-state index is 9.61. The molecule has 1 atom stereocenters. The van der Waals surface area contributed by atoms with Crippen molar-refractivity contribution < 1.29 is 5.11 Å². The van der Waals surface area contributed by atoms with Crippen LogP contribution in [0.3, 0.4) is 0 Å². The average Bonchev–Trinajstić information content (AvgIpc) is 3.04. The van der Waals surface area contributed by atoms with Gasteiger partial charge in [0.1, 0.15) is 6.33 Å². The van der Waals surface area contributed by atoms with Crippen molar-refractivity contribution in [3.8, 4) is 0 Å². The van der Waals surface area contributed by atoms with Crippen LogP contribution >= 0.6 is 0 Å². The largest absolute Gasteiger partial charge is 0.394 e. The maximum atomic E-state index is 9.61. The van der Waals surface area contributed by atoms with E-state index in [4.69, 9.17) is 0 Å². The minimum atomic E-state index is -0.141. The van der Waals surface area contributed by atoms with Crippen LogP contribution in [-0.2, 0) is 0 Å². The molecule has 0 fully saturated rings. The Morgan fingerprint density at radius 2 is 1.96 bits per heavy atom. The molecule has 0 aliphatic rings. The number of imidazole rings is 1. The molecule has 0 saturated heterocycles. The molecule has 0 unspecified atom stereocenters. The SMILES string of the molecule is C=C(C)n1cnc2c(Nc3ccccc3)nc(N[C@@H](CO)C(C)C)nc21. The van der Waals surface area contributed by atoms with Crippen LogP contribution in [0.4, 0.5) is 17.5 Å². The minimum Gasteiger partial charge on any atom is -0.394 e. The number of hydrogen-bond acceptors (Lipinski definition) is 6. The summed E-state index contributed by atoms with van der Waals surface area (Å²) >= 11 is 0. The fourth-order valence-electron chi connectivity index (χ4n) is 2.58. The highest BCUT2D eigenvalue weighted by atomic mass is 16.3. The van der Waals surface area contributed by atoms with E-state index in [1.807, 2.05) is 55.7 Å². The van der Waals surface area contributed by atoms with Gasteiger partial charge in [0.15, 0.2) is 17.0 Å². The van der Waals surface area contributed by atoms with Crippen molar-refractivity contribution in [3.05, 3.63) is 43.2 Å². The second kappa shape index (κ2) is 7.53. The molecule has 26 heavy (non-hydrogen) atoms. The van der Waals surface area contributed by atoms with Gasteiger partial charge in [-0.1, -0.05) is 38.6 Å². The Morgan fingerprint density at radius 1 is 1.23 bits per heavy atom. The third kappa shape index (κ3) is 3.67. The number of nitrogens with zero attached hydrogens (tertiary/aromatic N) is 4. The van der Waals surface area contributed by atoms with E-state index in [-0.39, 0.29) is 18.6 Å². The van der Waals surface area contributed by atoms with Crippen molar-refractivity contribution in [3.63, 3.8) is 0 Å². The first-order valence-corrected chi connectivity index (χ1v) is 8.60. The summed E-state index contributed by atoms with van der Waals surface area (Å²) in [7, 11) is 0. The van der Waals surface area contributed by atoms with Gasteiger partial charge in [0.05, 0.1) is 12.6 Å². The van der Waals surface area contributed by atoms with Gasteiger partial charge >= 0.3 is 0 Å². The third-order valence-corrected chi connectivity index (χ3v) is 4.16. The predicted octanol–water partition coefficient (Wildman–Crippen LogP) is 3.49. The third-order valence-electron chi connectivity index (χ3n) is 4.16. The molecule has 0 aliphatic carbocycles. The van der Waals surface area contributed by atoms with E-state index in [1.54, 1.807) is 6.33 Å². The van der Waals surface area contributed by atoms with Crippen molar-refractivity contribution in [1.29, 1.82) is 0 Å². The molecule has 0 saturated carbocycles. The lowest BCUT2D eigenvalue weighted by molar-refractivity contribution is 0.248. The lowest BCUT2D eigenvalue weighted by Crippen LogP contribution is -2.30. The topological polar surface area (TPSA) is 87.9 Å². The molecule has 2 aromatic heterocycles. The quantitative estimate of drug-likeness (QED) is 0.603. The minimum absolute atomic E-state index is 0.000257. The summed E-state index contributed by atoms with van der Waals surface area (Å²) in [5.74, 6) is 1.27. The lowest BCUT2D eigenvalue weighted by atomic mass is 10.1. The fraction of sp³-hybridized carbons (Fsp3) is 0.316. The number of aliphatic hydroxyl groups is 1. The Labute approximate surface area is 152 Å². The molecule has 136 valence electrons. The summed E-state index contributed by atoms with van der Waals surface area (Å²) in [4.78, 5) is 13.6. The second-order valence-electron chi connectivity index (χ2n) is 6.59. The van der Waals surface area contributed by atoms with Gasteiger partial charge in [-0.05, 0) is 25.0 Å². The van der Waals surface area contributed by atoms with Gasteiger partial charge in [0.25, 0.3) is 0 Å². The molecule has 3 N–H and O–H groups in total. The number of aromatic nitrogens is 4. The van der Waals surface area contributed by atoms with E-state index in [1.165, 1.54) is 0 Å². The summed E-state index contributed by atoms with van der Waals surface area (Å²) in [6, 6.07) is 9.64. The zero-order valence-corrected chi connectivity index (χ0v) is 15.3. The Balaban J connectivity index is 2.07. The van der Waals surface area contributed by atoms with Crippen LogP contribution < -0.4 is 10.6 Å². The van der Waals surface area contributed by atoms with Crippen LogP contribution in [0.1, 0.15) is 20.8 Å². The number of nitrogens with one attached hydrogen (secondary N) is 2. The summed E-state index contributed by atoms with van der Waals surface area (Å²) in [5, 5.41) is 16.1. The monoisotopic (exact) mass is 352 g/mol. The van der Waals surface area contributed by atoms with Crippen molar-refractivity contribution in [1.82, 2.24) is 19.5 Å². The van der Waals surface area contributed by atoms with Crippen molar-refractivity contribution in [2.45, 2.75) is 26.8 Å². The van der Waals surface area contributed by atoms with Gasteiger partial charge in [-0.3, -0.25) is 4.57 Å². The summed E-state index contributed by atoms with van der Waals surface area (Å²) < 4.78 is 1.82. The van der Waals surface area contributed by atoms with Crippen molar-refractivity contribution in [2.75, 3.05) is 17.2 Å². The first-order valence-electron chi connectivity index (χ1n) is 8.60. The van der Waals surface area contributed by atoms with Crippen LogP contribution in [0.5, 0.6) is 0 Å². The highest BCUT2D eigenvalue weighted by Crippen LogP contribution is 2.26. The Kier molecular flexibility index (Phi) is 5.18. The summed E-state index contributed by atoms with van der Waals surface area (Å²) in [5.41, 5.74) is 3.04. The van der Waals surface area contributed by atoms with E-state index < -0.39 is 0 Å². The number of fused-ring (bicyclic) bond motifs is 1. The molecule has 3 aromatic rings. The molecular weight excluding hydrogens is 328 g/mol. The van der Waals surface area contributed by atoms with Gasteiger partial charge in [-0.25, -0.2) is 4.98 Å².